The minimum Gasteiger partial charge on any atom is -0.497 e. The van der Waals surface area contributed by atoms with Gasteiger partial charge in [-0.3, -0.25) is 0 Å². The molecule has 0 saturated carbocycles. The van der Waals surface area contributed by atoms with E-state index in [9.17, 15) is 0 Å². The van der Waals surface area contributed by atoms with Gasteiger partial charge in [0.05, 0.1) is 33.9 Å². The standard InChI is InChI=1S/C29H24O4/c1-30-17-5-9-21-22-10-6-18(31-2)14-26(22)29(25(21)13-17)27-15-19(32-3)7-11-23(27)24-12-8-20(33-4)16-28(24)29/h5-16H,1-4H3. The lowest BCUT2D eigenvalue weighted by Crippen LogP contribution is -2.26. The molecular weight excluding hydrogens is 412 g/mol. The summed E-state index contributed by atoms with van der Waals surface area (Å²) in [5.74, 6) is 3.31. The van der Waals surface area contributed by atoms with Crippen molar-refractivity contribution in [1.82, 2.24) is 0 Å². The maximum Gasteiger partial charge on any atom is 0.119 e. The highest BCUT2D eigenvalue weighted by Crippen LogP contribution is 2.64. The lowest BCUT2D eigenvalue weighted by atomic mass is 9.70. The molecule has 164 valence electrons. The minimum absolute atomic E-state index is 0.540. The van der Waals surface area contributed by atoms with E-state index >= 15 is 0 Å². The molecular formula is C29H24O4. The van der Waals surface area contributed by atoms with Crippen LogP contribution in [0.2, 0.25) is 0 Å². The molecule has 0 radical (unpaired) electrons. The number of methoxy groups -OCH3 is 4. The molecule has 0 heterocycles. The molecule has 0 aromatic heterocycles. The lowest BCUT2D eigenvalue weighted by molar-refractivity contribution is 0.411. The van der Waals surface area contributed by atoms with Crippen molar-refractivity contribution >= 4 is 0 Å². The van der Waals surface area contributed by atoms with Crippen molar-refractivity contribution < 1.29 is 18.9 Å². The van der Waals surface area contributed by atoms with Crippen LogP contribution in [0.1, 0.15) is 22.3 Å². The molecule has 0 amide bonds. The first kappa shape index (κ1) is 19.7. The van der Waals surface area contributed by atoms with Crippen LogP contribution in [-0.4, -0.2) is 28.4 Å². The Balaban J connectivity index is 1.82. The van der Waals surface area contributed by atoms with E-state index in [4.69, 9.17) is 18.9 Å². The molecule has 4 aromatic carbocycles. The van der Waals surface area contributed by atoms with E-state index in [0.717, 1.165) is 23.0 Å². The zero-order valence-corrected chi connectivity index (χ0v) is 19.1. The van der Waals surface area contributed by atoms with Crippen LogP contribution < -0.4 is 18.9 Å². The number of fused-ring (bicyclic) bond motifs is 10. The number of benzene rings is 4. The van der Waals surface area contributed by atoms with Crippen molar-refractivity contribution in [1.29, 1.82) is 0 Å². The van der Waals surface area contributed by atoms with Gasteiger partial charge in [0.15, 0.2) is 0 Å². The van der Waals surface area contributed by atoms with Gasteiger partial charge < -0.3 is 18.9 Å². The van der Waals surface area contributed by atoms with E-state index in [1.165, 1.54) is 44.5 Å². The maximum absolute atomic E-state index is 5.68. The Kier molecular flexibility index (Phi) is 4.21. The molecule has 0 aliphatic heterocycles. The van der Waals surface area contributed by atoms with Gasteiger partial charge in [0.2, 0.25) is 0 Å². The van der Waals surface area contributed by atoms with Crippen LogP contribution in [0.5, 0.6) is 23.0 Å². The maximum atomic E-state index is 5.68. The molecule has 0 atom stereocenters. The third kappa shape index (κ3) is 2.46. The Hall–Kier alpha value is -3.92. The Labute approximate surface area is 193 Å². The van der Waals surface area contributed by atoms with Gasteiger partial charge in [0.1, 0.15) is 23.0 Å². The molecule has 0 unspecified atom stereocenters. The van der Waals surface area contributed by atoms with Crippen LogP contribution in [0.3, 0.4) is 0 Å². The highest BCUT2D eigenvalue weighted by atomic mass is 16.5. The largest absolute Gasteiger partial charge is 0.497 e. The zero-order chi connectivity index (χ0) is 22.7. The third-order valence-corrected chi connectivity index (χ3v) is 7.10. The fraction of sp³-hybridized carbons (Fsp3) is 0.172. The average Bonchev–Trinajstić information content (AvgIpc) is 3.33. The van der Waals surface area contributed by atoms with E-state index in [-0.39, 0.29) is 0 Å². The summed E-state index contributed by atoms with van der Waals surface area (Å²) in [4.78, 5) is 0. The van der Waals surface area contributed by atoms with E-state index in [1.807, 2.05) is 24.3 Å². The molecule has 0 N–H and O–H groups in total. The topological polar surface area (TPSA) is 36.9 Å². The van der Waals surface area contributed by atoms with Crippen molar-refractivity contribution in [2.75, 3.05) is 28.4 Å². The van der Waals surface area contributed by atoms with Gasteiger partial charge in [-0.1, -0.05) is 24.3 Å². The number of rotatable bonds is 4. The van der Waals surface area contributed by atoms with E-state index < -0.39 is 5.41 Å². The molecule has 0 bridgehead atoms. The van der Waals surface area contributed by atoms with Gasteiger partial charge in [0, 0.05) is 0 Å². The fourth-order valence-corrected chi connectivity index (χ4v) is 5.65. The van der Waals surface area contributed by atoms with Crippen LogP contribution in [0.25, 0.3) is 22.3 Å². The van der Waals surface area contributed by atoms with Crippen LogP contribution >= 0.6 is 0 Å². The molecule has 33 heavy (non-hydrogen) atoms. The SMILES string of the molecule is COc1ccc2c(c1)C1(c3cc(OC)ccc3-2)c2cc(OC)ccc2-c2ccc(OC)cc21. The Bertz CT molecular complexity index is 1200. The lowest BCUT2D eigenvalue weighted by Gasteiger charge is -2.31. The monoisotopic (exact) mass is 436 g/mol. The summed E-state index contributed by atoms with van der Waals surface area (Å²) in [6.07, 6.45) is 0. The summed E-state index contributed by atoms with van der Waals surface area (Å²) in [5, 5.41) is 0. The van der Waals surface area contributed by atoms with E-state index in [1.54, 1.807) is 28.4 Å². The number of hydrogen-bond acceptors (Lipinski definition) is 4. The summed E-state index contributed by atoms with van der Waals surface area (Å²) < 4.78 is 22.7. The van der Waals surface area contributed by atoms with Crippen LogP contribution in [0.4, 0.5) is 0 Å². The van der Waals surface area contributed by atoms with Gasteiger partial charge >= 0.3 is 0 Å². The molecule has 4 nitrogen and oxygen atoms in total. The van der Waals surface area contributed by atoms with Crippen molar-refractivity contribution in [3.05, 3.63) is 95.1 Å². The second kappa shape index (κ2) is 7.04. The Morgan fingerprint density at radius 3 is 0.848 bits per heavy atom. The first-order valence-corrected chi connectivity index (χ1v) is 10.9. The molecule has 4 heteroatoms. The van der Waals surface area contributed by atoms with Crippen molar-refractivity contribution in [3.8, 4) is 45.3 Å². The van der Waals surface area contributed by atoms with Crippen LogP contribution in [-0.2, 0) is 5.41 Å². The summed E-state index contributed by atoms with van der Waals surface area (Å²) in [6.45, 7) is 0. The van der Waals surface area contributed by atoms with Gasteiger partial charge in [0.25, 0.3) is 0 Å². The smallest absolute Gasteiger partial charge is 0.119 e. The third-order valence-electron chi connectivity index (χ3n) is 7.10. The quantitative estimate of drug-likeness (QED) is 0.336. The summed E-state index contributed by atoms with van der Waals surface area (Å²) in [5.41, 5.74) is 8.98. The fourth-order valence-electron chi connectivity index (χ4n) is 5.65. The molecule has 6 rings (SSSR count). The van der Waals surface area contributed by atoms with Crippen LogP contribution in [0.15, 0.2) is 72.8 Å². The highest BCUT2D eigenvalue weighted by Gasteiger charge is 2.52. The first-order chi connectivity index (χ1) is 16.1. The zero-order valence-electron chi connectivity index (χ0n) is 19.1. The predicted octanol–water partition coefficient (Wildman–Crippen LogP) is 6.06. The summed E-state index contributed by atoms with van der Waals surface area (Å²) in [6, 6.07) is 25.4. The van der Waals surface area contributed by atoms with E-state index in [2.05, 4.69) is 48.5 Å². The van der Waals surface area contributed by atoms with Crippen molar-refractivity contribution in [2.45, 2.75) is 5.41 Å². The molecule has 4 aromatic rings. The van der Waals surface area contributed by atoms with Gasteiger partial charge in [-0.15, -0.1) is 0 Å². The highest BCUT2D eigenvalue weighted by molar-refractivity contribution is 5.96. The number of ether oxygens (including phenoxy) is 4. The van der Waals surface area contributed by atoms with Crippen molar-refractivity contribution in [2.24, 2.45) is 0 Å². The van der Waals surface area contributed by atoms with Gasteiger partial charge in [-0.05, 0) is 93.0 Å². The van der Waals surface area contributed by atoms with Gasteiger partial charge in [-0.25, -0.2) is 0 Å². The molecule has 0 saturated heterocycles. The molecule has 1 spiro atoms. The molecule has 2 aliphatic carbocycles. The predicted molar refractivity (Wildman–Crippen MR) is 129 cm³/mol. The Morgan fingerprint density at radius 1 is 0.394 bits per heavy atom. The Morgan fingerprint density at radius 2 is 0.636 bits per heavy atom. The minimum atomic E-state index is -0.540. The van der Waals surface area contributed by atoms with E-state index in [0.29, 0.717) is 0 Å². The van der Waals surface area contributed by atoms with Gasteiger partial charge in [-0.2, -0.15) is 0 Å². The second-order valence-electron chi connectivity index (χ2n) is 8.40. The molecule has 0 fully saturated rings. The van der Waals surface area contributed by atoms with Crippen molar-refractivity contribution in [3.63, 3.8) is 0 Å². The average molecular weight is 437 g/mol. The normalized spacial score (nSPS) is 13.7. The summed E-state index contributed by atoms with van der Waals surface area (Å²) >= 11 is 0. The first-order valence-electron chi connectivity index (χ1n) is 10.9. The van der Waals surface area contributed by atoms with Crippen LogP contribution in [0, 0.1) is 0 Å². The second-order valence-corrected chi connectivity index (χ2v) is 8.40. The molecule has 2 aliphatic rings. The summed E-state index contributed by atoms with van der Waals surface area (Å²) in [7, 11) is 6.84. The number of hydrogen-bond donors (Lipinski definition) is 0.